The molecule has 0 atom stereocenters. The van der Waals surface area contributed by atoms with Gasteiger partial charge in [0.25, 0.3) is 0 Å². The molecule has 0 bridgehead atoms. The first-order valence-corrected chi connectivity index (χ1v) is 7.36. The lowest BCUT2D eigenvalue weighted by Crippen LogP contribution is -2.36. The summed E-state index contributed by atoms with van der Waals surface area (Å²) in [5, 5.41) is 6.47. The molecule has 0 aliphatic heterocycles. The second kappa shape index (κ2) is 6.41. The third-order valence-electron chi connectivity index (χ3n) is 1.95. The van der Waals surface area contributed by atoms with Gasteiger partial charge in [-0.1, -0.05) is 13.3 Å². The number of aromatic amines is 1. The van der Waals surface area contributed by atoms with Gasteiger partial charge in [0.15, 0.2) is 5.82 Å². The fraction of sp³-hybridized carbons (Fsp3) is 0.600. The van der Waals surface area contributed by atoms with Gasteiger partial charge in [-0.3, -0.25) is 5.10 Å². The second-order valence-electron chi connectivity index (χ2n) is 4.19. The third-order valence-corrected chi connectivity index (χ3v) is 2.86. The van der Waals surface area contributed by atoms with Crippen LogP contribution in [0.1, 0.15) is 32.9 Å². The first-order chi connectivity index (χ1) is 8.82. The third kappa shape index (κ3) is 5.60. The molecule has 0 unspecified atom stereocenters. The van der Waals surface area contributed by atoms with Crippen LogP contribution in [0.25, 0.3) is 0 Å². The first kappa shape index (κ1) is 15.3. The number of rotatable bonds is 6. The average molecular weight is 290 g/mol. The Morgan fingerprint density at radius 2 is 2.21 bits per heavy atom. The Labute approximate surface area is 112 Å². The molecule has 0 radical (unpaired) electrons. The molecule has 0 aliphatic carbocycles. The molecule has 1 rings (SSSR count). The van der Waals surface area contributed by atoms with Gasteiger partial charge in [-0.15, -0.1) is 0 Å². The van der Waals surface area contributed by atoms with E-state index in [1.54, 1.807) is 24.6 Å². The molecule has 0 fully saturated rings. The van der Waals surface area contributed by atoms with E-state index in [0.29, 0.717) is 0 Å². The molecule has 0 saturated carbocycles. The first-order valence-electron chi connectivity index (χ1n) is 5.88. The molecule has 3 N–H and O–H groups in total. The number of hydrogen-bond acceptors (Lipinski definition) is 5. The van der Waals surface area contributed by atoms with Gasteiger partial charge in [-0.2, -0.15) is 13.5 Å². The number of amides is 1. The summed E-state index contributed by atoms with van der Waals surface area (Å²) >= 11 is 0. The minimum Gasteiger partial charge on any atom is -0.446 e. The van der Waals surface area contributed by atoms with Crippen LogP contribution in [0.5, 0.6) is 0 Å². The fourth-order valence-electron chi connectivity index (χ4n) is 1.32. The summed E-state index contributed by atoms with van der Waals surface area (Å²) in [5.74, 6) is 0.119. The summed E-state index contributed by atoms with van der Waals surface area (Å²) in [6.45, 7) is 5.23. The Hall–Kier alpha value is -1.77. The summed E-state index contributed by atoms with van der Waals surface area (Å²) < 4.78 is 31.7. The highest BCUT2D eigenvalue weighted by atomic mass is 32.2. The highest BCUT2D eigenvalue weighted by Crippen LogP contribution is 2.08. The van der Waals surface area contributed by atoms with E-state index >= 15 is 0 Å². The predicted molar refractivity (Wildman–Crippen MR) is 69.9 cm³/mol. The molecule has 19 heavy (non-hydrogen) atoms. The Morgan fingerprint density at radius 1 is 1.53 bits per heavy atom. The molecule has 0 aliphatic rings. The molecule has 108 valence electrons. The topological polar surface area (TPSA) is 113 Å². The van der Waals surface area contributed by atoms with Crippen molar-refractivity contribution in [2.24, 2.45) is 0 Å². The molecule has 0 aromatic carbocycles. The van der Waals surface area contributed by atoms with E-state index in [1.807, 2.05) is 6.92 Å². The van der Waals surface area contributed by atoms with E-state index in [-0.39, 0.29) is 5.82 Å². The molecule has 9 heteroatoms. The van der Waals surface area contributed by atoms with Crippen LogP contribution in [0.2, 0.25) is 0 Å². The van der Waals surface area contributed by atoms with Crippen LogP contribution in [0.4, 0.5) is 10.6 Å². The van der Waals surface area contributed by atoms with Crippen molar-refractivity contribution in [1.82, 2.24) is 14.9 Å². The molecular weight excluding hydrogens is 272 g/mol. The summed E-state index contributed by atoms with van der Waals surface area (Å²) in [6, 6.07) is 1.57. The molecule has 1 aromatic heterocycles. The van der Waals surface area contributed by atoms with Gasteiger partial charge in [-0.05, 0) is 20.3 Å². The maximum absolute atomic E-state index is 11.6. The van der Waals surface area contributed by atoms with Crippen molar-refractivity contribution in [1.29, 1.82) is 0 Å². The van der Waals surface area contributed by atoms with Crippen LogP contribution in [-0.2, 0) is 21.4 Å². The van der Waals surface area contributed by atoms with Crippen molar-refractivity contribution >= 4 is 22.1 Å². The Balaban J connectivity index is 2.60. The number of aromatic nitrogens is 2. The minimum atomic E-state index is -4.04. The molecular formula is C10H18N4O4S. The van der Waals surface area contributed by atoms with Gasteiger partial charge in [0.2, 0.25) is 0 Å². The van der Waals surface area contributed by atoms with Crippen LogP contribution < -0.4 is 9.44 Å². The van der Waals surface area contributed by atoms with E-state index in [9.17, 15) is 13.2 Å². The van der Waals surface area contributed by atoms with Crippen molar-refractivity contribution < 1.29 is 17.9 Å². The van der Waals surface area contributed by atoms with Crippen molar-refractivity contribution in [3.8, 4) is 0 Å². The normalized spacial score (nSPS) is 11.4. The SMILES string of the molecule is CCCc1cc(NS(=O)(=O)NC(=O)OC(C)C)n[nH]1. The van der Waals surface area contributed by atoms with Gasteiger partial charge in [0.05, 0.1) is 6.10 Å². The lowest BCUT2D eigenvalue weighted by Gasteiger charge is -2.10. The van der Waals surface area contributed by atoms with Crippen LogP contribution in [-0.4, -0.2) is 30.8 Å². The highest BCUT2D eigenvalue weighted by Gasteiger charge is 2.17. The lowest BCUT2D eigenvalue weighted by atomic mass is 10.2. The number of carbonyl (C=O) groups is 1. The fourth-order valence-corrected chi connectivity index (χ4v) is 2.02. The maximum Gasteiger partial charge on any atom is 0.422 e. The second-order valence-corrected chi connectivity index (χ2v) is 5.61. The Kier molecular flexibility index (Phi) is 5.16. The largest absolute Gasteiger partial charge is 0.446 e. The van der Waals surface area contributed by atoms with Gasteiger partial charge >= 0.3 is 16.3 Å². The van der Waals surface area contributed by atoms with Crippen LogP contribution in [0.3, 0.4) is 0 Å². The monoisotopic (exact) mass is 290 g/mol. The molecule has 0 spiro atoms. The average Bonchev–Trinajstić information content (AvgIpc) is 2.62. The lowest BCUT2D eigenvalue weighted by molar-refractivity contribution is 0.121. The minimum absolute atomic E-state index is 0.119. The van der Waals surface area contributed by atoms with Gasteiger partial charge < -0.3 is 4.74 Å². The standard InChI is InChI=1S/C10H18N4O4S/c1-4-5-8-6-9(12-11-8)13-19(16,17)14-10(15)18-7(2)3/h6-7H,4-5H2,1-3H3,(H,14,15)(H2,11,12,13). The quantitative estimate of drug-likeness (QED) is 0.727. The zero-order valence-electron chi connectivity index (χ0n) is 11.1. The van der Waals surface area contributed by atoms with E-state index in [4.69, 9.17) is 0 Å². The zero-order valence-corrected chi connectivity index (χ0v) is 11.9. The molecule has 1 heterocycles. The summed E-state index contributed by atoms with van der Waals surface area (Å²) in [7, 11) is -4.04. The molecule has 8 nitrogen and oxygen atoms in total. The molecule has 1 amide bonds. The number of anilines is 1. The van der Waals surface area contributed by atoms with Crippen molar-refractivity contribution in [3.05, 3.63) is 11.8 Å². The van der Waals surface area contributed by atoms with Crippen molar-refractivity contribution in [2.75, 3.05) is 4.72 Å². The van der Waals surface area contributed by atoms with Gasteiger partial charge in [-0.25, -0.2) is 14.2 Å². The van der Waals surface area contributed by atoms with E-state index < -0.39 is 22.4 Å². The number of aryl methyl sites for hydroxylation is 1. The zero-order chi connectivity index (χ0) is 14.5. The maximum atomic E-state index is 11.6. The van der Waals surface area contributed by atoms with Gasteiger partial charge in [0.1, 0.15) is 0 Å². The number of nitrogens with zero attached hydrogens (tertiary/aromatic N) is 1. The van der Waals surface area contributed by atoms with Crippen LogP contribution in [0, 0.1) is 0 Å². The van der Waals surface area contributed by atoms with Gasteiger partial charge in [0, 0.05) is 11.8 Å². The van der Waals surface area contributed by atoms with Crippen LogP contribution >= 0.6 is 0 Å². The Bertz CT molecular complexity index is 523. The Morgan fingerprint density at radius 3 is 2.79 bits per heavy atom. The predicted octanol–water partition coefficient (Wildman–Crippen LogP) is 1.15. The summed E-state index contributed by atoms with van der Waals surface area (Å²) in [6.07, 6.45) is 0.230. The number of ether oxygens (including phenoxy) is 1. The summed E-state index contributed by atoms with van der Waals surface area (Å²) in [5.41, 5.74) is 0.810. The highest BCUT2D eigenvalue weighted by molar-refractivity contribution is 7.91. The van der Waals surface area contributed by atoms with E-state index in [1.165, 1.54) is 0 Å². The number of nitrogens with one attached hydrogen (secondary N) is 3. The summed E-state index contributed by atoms with van der Waals surface area (Å²) in [4.78, 5) is 11.2. The molecule has 1 aromatic rings. The van der Waals surface area contributed by atoms with E-state index in [2.05, 4.69) is 19.7 Å². The van der Waals surface area contributed by atoms with Crippen molar-refractivity contribution in [2.45, 2.75) is 39.7 Å². The molecule has 0 saturated heterocycles. The smallest absolute Gasteiger partial charge is 0.422 e. The number of H-pyrrole nitrogens is 1. The van der Waals surface area contributed by atoms with E-state index in [0.717, 1.165) is 18.5 Å². The van der Waals surface area contributed by atoms with Crippen LogP contribution in [0.15, 0.2) is 6.07 Å². The number of hydrogen-bond donors (Lipinski definition) is 3. The number of carbonyl (C=O) groups excluding carboxylic acids is 1. The van der Waals surface area contributed by atoms with Crippen molar-refractivity contribution in [3.63, 3.8) is 0 Å².